The fourth-order valence-corrected chi connectivity index (χ4v) is 4.16. The molecular weight excluding hydrogens is 350 g/mol. The van der Waals surface area contributed by atoms with E-state index in [1.165, 1.54) is 34.6 Å². The van der Waals surface area contributed by atoms with Crippen molar-refractivity contribution in [2.45, 2.75) is 45.1 Å². The molecule has 1 heterocycles. The van der Waals surface area contributed by atoms with Crippen LogP contribution in [0.1, 0.15) is 46.3 Å². The number of hydrogen-bond acceptors (Lipinski definition) is 5. The lowest BCUT2D eigenvalue weighted by molar-refractivity contribution is -0.124. The van der Waals surface area contributed by atoms with Crippen LogP contribution in [0.15, 0.2) is 30.3 Å². The minimum absolute atomic E-state index is 0.338. The second kappa shape index (κ2) is 8.36. The smallest absolute Gasteiger partial charge is 0.349 e. The number of anilines is 1. The van der Waals surface area contributed by atoms with E-state index in [4.69, 9.17) is 9.47 Å². The molecule has 5 nitrogen and oxygen atoms in total. The SMILES string of the molecule is CCC(OC(=O)c1cc2c(s1)CCCC2)C(=O)Nc1cccc(OC)c1. The first-order valence-electron chi connectivity index (χ1n) is 8.88. The number of ether oxygens (including phenoxy) is 2. The Hall–Kier alpha value is -2.34. The van der Waals surface area contributed by atoms with E-state index in [2.05, 4.69) is 5.32 Å². The van der Waals surface area contributed by atoms with E-state index in [0.717, 1.165) is 12.8 Å². The molecule has 6 heteroatoms. The van der Waals surface area contributed by atoms with Crippen LogP contribution < -0.4 is 10.1 Å². The predicted molar refractivity (Wildman–Crippen MR) is 102 cm³/mol. The summed E-state index contributed by atoms with van der Waals surface area (Å²) in [4.78, 5) is 26.8. The highest BCUT2D eigenvalue weighted by atomic mass is 32.1. The number of nitrogens with one attached hydrogen (secondary N) is 1. The molecule has 1 aromatic carbocycles. The van der Waals surface area contributed by atoms with Crippen LogP contribution in [0, 0.1) is 0 Å². The summed E-state index contributed by atoms with van der Waals surface area (Å²) < 4.78 is 10.6. The topological polar surface area (TPSA) is 64.6 Å². The van der Waals surface area contributed by atoms with Crippen molar-refractivity contribution in [2.24, 2.45) is 0 Å². The first kappa shape index (κ1) is 18.5. The summed E-state index contributed by atoms with van der Waals surface area (Å²) >= 11 is 1.49. The Morgan fingerprint density at radius 2 is 2.04 bits per heavy atom. The molecule has 0 radical (unpaired) electrons. The third kappa shape index (κ3) is 4.25. The first-order chi connectivity index (χ1) is 12.6. The predicted octanol–water partition coefficient (Wildman–Crippen LogP) is 4.21. The summed E-state index contributed by atoms with van der Waals surface area (Å²) in [7, 11) is 1.57. The Morgan fingerprint density at radius 1 is 1.23 bits per heavy atom. The molecule has 3 rings (SSSR count). The van der Waals surface area contributed by atoms with E-state index in [9.17, 15) is 9.59 Å². The average molecular weight is 373 g/mol. The number of carbonyl (C=O) groups is 2. The van der Waals surface area contributed by atoms with Crippen molar-refractivity contribution >= 4 is 28.9 Å². The van der Waals surface area contributed by atoms with Crippen LogP contribution in [0.3, 0.4) is 0 Å². The molecule has 0 bridgehead atoms. The van der Waals surface area contributed by atoms with Gasteiger partial charge in [-0.25, -0.2) is 4.79 Å². The van der Waals surface area contributed by atoms with Crippen LogP contribution in [0.5, 0.6) is 5.75 Å². The molecule has 1 aromatic heterocycles. The highest BCUT2D eigenvalue weighted by Crippen LogP contribution is 2.30. The second-order valence-corrected chi connectivity index (χ2v) is 7.43. The zero-order valence-electron chi connectivity index (χ0n) is 15.0. The summed E-state index contributed by atoms with van der Waals surface area (Å²) in [5, 5.41) is 2.78. The van der Waals surface area contributed by atoms with Gasteiger partial charge in [0.1, 0.15) is 10.6 Å². The number of fused-ring (bicyclic) bond motifs is 1. The van der Waals surface area contributed by atoms with Crippen molar-refractivity contribution in [1.82, 2.24) is 0 Å². The lowest BCUT2D eigenvalue weighted by Crippen LogP contribution is -2.31. The molecular formula is C20H23NO4S. The van der Waals surface area contributed by atoms with Crippen molar-refractivity contribution in [2.75, 3.05) is 12.4 Å². The van der Waals surface area contributed by atoms with Gasteiger partial charge < -0.3 is 14.8 Å². The van der Waals surface area contributed by atoms with Gasteiger partial charge >= 0.3 is 5.97 Å². The summed E-state index contributed by atoms with van der Waals surface area (Å²) in [5.41, 5.74) is 1.86. The normalized spacial score (nSPS) is 14.2. The van der Waals surface area contributed by atoms with Gasteiger partial charge in [0.25, 0.3) is 5.91 Å². The van der Waals surface area contributed by atoms with Crippen LogP contribution in [0.25, 0.3) is 0 Å². The van der Waals surface area contributed by atoms with Gasteiger partial charge in [0.15, 0.2) is 6.10 Å². The van der Waals surface area contributed by atoms with E-state index < -0.39 is 12.1 Å². The third-order valence-corrected chi connectivity index (χ3v) is 5.66. The molecule has 0 spiro atoms. The maximum Gasteiger partial charge on any atom is 0.349 e. The third-order valence-electron chi connectivity index (χ3n) is 4.45. The second-order valence-electron chi connectivity index (χ2n) is 6.29. The summed E-state index contributed by atoms with van der Waals surface area (Å²) in [6.45, 7) is 1.82. The molecule has 1 aliphatic rings. The highest BCUT2D eigenvalue weighted by Gasteiger charge is 2.24. The zero-order valence-corrected chi connectivity index (χ0v) is 15.9. The maximum atomic E-state index is 12.5. The standard InChI is InChI=1S/C20H23NO4S/c1-3-16(19(22)21-14-8-6-9-15(12-14)24-2)25-20(23)18-11-13-7-4-5-10-17(13)26-18/h6,8-9,11-12,16H,3-5,7,10H2,1-2H3,(H,21,22). The molecule has 0 saturated heterocycles. The zero-order chi connectivity index (χ0) is 18.5. The minimum atomic E-state index is -0.826. The first-order valence-corrected chi connectivity index (χ1v) is 9.70. The number of rotatable bonds is 6. The van der Waals surface area contributed by atoms with E-state index >= 15 is 0 Å². The molecule has 0 aliphatic heterocycles. The molecule has 2 aromatic rings. The summed E-state index contributed by atoms with van der Waals surface area (Å²) in [6, 6.07) is 9.00. The molecule has 138 valence electrons. The van der Waals surface area contributed by atoms with Gasteiger partial charge in [-0.1, -0.05) is 13.0 Å². The fraction of sp³-hybridized carbons (Fsp3) is 0.400. The van der Waals surface area contributed by atoms with Crippen LogP contribution in [-0.2, 0) is 22.4 Å². The van der Waals surface area contributed by atoms with Gasteiger partial charge in [-0.05, 0) is 55.9 Å². The maximum absolute atomic E-state index is 12.5. The number of hydrogen-bond donors (Lipinski definition) is 1. The fourth-order valence-electron chi connectivity index (χ4n) is 3.02. The van der Waals surface area contributed by atoms with Gasteiger partial charge in [-0.15, -0.1) is 11.3 Å². The van der Waals surface area contributed by atoms with Gasteiger partial charge in [-0.3, -0.25) is 4.79 Å². The van der Waals surface area contributed by atoms with Crippen LogP contribution in [0.4, 0.5) is 5.69 Å². The Kier molecular flexibility index (Phi) is 5.93. The minimum Gasteiger partial charge on any atom is -0.497 e. The van der Waals surface area contributed by atoms with Crippen molar-refractivity contribution < 1.29 is 19.1 Å². The number of esters is 1. The summed E-state index contributed by atoms with van der Waals surface area (Å²) in [5.74, 6) is -0.107. The quantitative estimate of drug-likeness (QED) is 0.771. The highest BCUT2D eigenvalue weighted by molar-refractivity contribution is 7.14. The molecule has 26 heavy (non-hydrogen) atoms. The van der Waals surface area contributed by atoms with Crippen molar-refractivity contribution in [3.8, 4) is 5.75 Å². The molecule has 0 fully saturated rings. The van der Waals surface area contributed by atoms with Gasteiger partial charge in [0, 0.05) is 16.6 Å². The largest absolute Gasteiger partial charge is 0.497 e. The number of aryl methyl sites for hydroxylation is 2. The van der Waals surface area contributed by atoms with Gasteiger partial charge in [0.05, 0.1) is 7.11 Å². The van der Waals surface area contributed by atoms with E-state index in [1.807, 2.05) is 13.0 Å². The molecule has 1 unspecified atom stereocenters. The van der Waals surface area contributed by atoms with E-state index in [0.29, 0.717) is 22.7 Å². The van der Waals surface area contributed by atoms with E-state index in [1.54, 1.807) is 31.4 Å². The molecule has 1 aliphatic carbocycles. The number of amides is 1. The number of carbonyl (C=O) groups excluding carboxylic acids is 2. The Morgan fingerprint density at radius 3 is 2.77 bits per heavy atom. The lowest BCUT2D eigenvalue weighted by atomic mass is 9.99. The number of thiophene rings is 1. The van der Waals surface area contributed by atoms with Crippen LogP contribution >= 0.6 is 11.3 Å². The molecule has 1 amide bonds. The molecule has 1 atom stereocenters. The Balaban J connectivity index is 1.65. The monoisotopic (exact) mass is 373 g/mol. The summed E-state index contributed by atoms with van der Waals surface area (Å²) in [6.07, 6.45) is 3.97. The van der Waals surface area contributed by atoms with Gasteiger partial charge in [0.2, 0.25) is 0 Å². The average Bonchev–Trinajstić information content (AvgIpc) is 3.10. The van der Waals surface area contributed by atoms with Crippen LogP contribution in [0.2, 0.25) is 0 Å². The molecule has 1 N–H and O–H groups in total. The Bertz CT molecular complexity index is 775. The lowest BCUT2D eigenvalue weighted by Gasteiger charge is -2.16. The van der Waals surface area contributed by atoms with Crippen molar-refractivity contribution in [1.29, 1.82) is 0 Å². The van der Waals surface area contributed by atoms with E-state index in [-0.39, 0.29) is 5.91 Å². The van der Waals surface area contributed by atoms with Crippen molar-refractivity contribution in [3.63, 3.8) is 0 Å². The molecule has 0 saturated carbocycles. The Labute approximate surface area is 157 Å². The number of benzene rings is 1. The number of methoxy groups -OCH3 is 1. The van der Waals surface area contributed by atoms with Crippen LogP contribution in [-0.4, -0.2) is 25.1 Å². The van der Waals surface area contributed by atoms with Gasteiger partial charge in [-0.2, -0.15) is 0 Å². The van der Waals surface area contributed by atoms with Crippen molar-refractivity contribution in [3.05, 3.63) is 45.6 Å².